The van der Waals surface area contributed by atoms with Gasteiger partial charge in [0.25, 0.3) is 0 Å². The predicted octanol–water partition coefficient (Wildman–Crippen LogP) is 1.87. The summed E-state index contributed by atoms with van der Waals surface area (Å²) in [5.41, 5.74) is 0.242. The standard InChI is InChI=1S/C9H8BrFO3/c1-14-9(13)7-6(11)3-2-5(4-12)8(7)10/h2-3,12H,4H2,1H3. The van der Waals surface area contributed by atoms with Crippen molar-refractivity contribution in [3.8, 4) is 0 Å². The molecule has 1 aromatic carbocycles. The number of methoxy groups -OCH3 is 1. The first-order chi connectivity index (χ1) is 6.61. The third-order valence-electron chi connectivity index (χ3n) is 1.73. The van der Waals surface area contributed by atoms with Gasteiger partial charge < -0.3 is 9.84 Å². The Bertz CT molecular complexity index is 365. The zero-order valence-electron chi connectivity index (χ0n) is 7.38. The van der Waals surface area contributed by atoms with Gasteiger partial charge in [-0.2, -0.15) is 0 Å². The number of esters is 1. The molecular weight excluding hydrogens is 255 g/mol. The number of hydrogen-bond acceptors (Lipinski definition) is 3. The van der Waals surface area contributed by atoms with Crippen molar-refractivity contribution in [3.05, 3.63) is 33.5 Å². The van der Waals surface area contributed by atoms with E-state index in [1.165, 1.54) is 13.2 Å². The lowest BCUT2D eigenvalue weighted by Gasteiger charge is -2.07. The smallest absolute Gasteiger partial charge is 0.342 e. The van der Waals surface area contributed by atoms with E-state index in [1.54, 1.807) is 0 Å². The Morgan fingerprint density at radius 1 is 1.64 bits per heavy atom. The Hall–Kier alpha value is -0.940. The van der Waals surface area contributed by atoms with E-state index in [-0.39, 0.29) is 16.6 Å². The van der Waals surface area contributed by atoms with Gasteiger partial charge in [0.05, 0.1) is 13.7 Å². The Morgan fingerprint density at radius 2 is 2.29 bits per heavy atom. The summed E-state index contributed by atoms with van der Waals surface area (Å²) in [4.78, 5) is 11.1. The van der Waals surface area contributed by atoms with Gasteiger partial charge in [-0.1, -0.05) is 6.07 Å². The van der Waals surface area contributed by atoms with Crippen molar-refractivity contribution in [1.82, 2.24) is 0 Å². The van der Waals surface area contributed by atoms with E-state index in [4.69, 9.17) is 5.11 Å². The number of carbonyl (C=O) groups excluding carboxylic acids is 1. The van der Waals surface area contributed by atoms with Gasteiger partial charge in [0.2, 0.25) is 0 Å². The lowest BCUT2D eigenvalue weighted by atomic mass is 10.1. The highest BCUT2D eigenvalue weighted by Gasteiger charge is 2.18. The summed E-state index contributed by atoms with van der Waals surface area (Å²) in [7, 11) is 1.17. The second-order valence-corrected chi connectivity index (χ2v) is 3.34. The van der Waals surface area contributed by atoms with Gasteiger partial charge in [0, 0.05) is 4.47 Å². The summed E-state index contributed by atoms with van der Waals surface area (Å²) in [6.07, 6.45) is 0. The molecule has 0 saturated carbocycles. The van der Waals surface area contributed by atoms with Crippen LogP contribution in [0.2, 0.25) is 0 Å². The number of carbonyl (C=O) groups is 1. The lowest BCUT2D eigenvalue weighted by Crippen LogP contribution is -2.07. The molecule has 0 aliphatic heterocycles. The van der Waals surface area contributed by atoms with E-state index < -0.39 is 11.8 Å². The molecular formula is C9H8BrFO3. The van der Waals surface area contributed by atoms with Crippen LogP contribution in [0.25, 0.3) is 0 Å². The fraction of sp³-hybridized carbons (Fsp3) is 0.222. The Labute approximate surface area is 88.6 Å². The fourth-order valence-electron chi connectivity index (χ4n) is 1.01. The molecule has 0 heterocycles. The van der Waals surface area contributed by atoms with Crippen LogP contribution < -0.4 is 0 Å². The SMILES string of the molecule is COC(=O)c1c(F)ccc(CO)c1Br. The molecule has 1 N–H and O–H groups in total. The van der Waals surface area contributed by atoms with Gasteiger partial charge in [-0.05, 0) is 27.6 Å². The van der Waals surface area contributed by atoms with Crippen LogP contribution in [0, 0.1) is 5.82 Å². The molecule has 0 aliphatic carbocycles. The quantitative estimate of drug-likeness (QED) is 0.828. The summed E-state index contributed by atoms with van der Waals surface area (Å²) in [6, 6.07) is 2.51. The maximum absolute atomic E-state index is 13.2. The molecule has 0 bridgehead atoms. The first-order valence-corrected chi connectivity index (χ1v) is 4.57. The summed E-state index contributed by atoms with van der Waals surface area (Å²) >= 11 is 3.03. The van der Waals surface area contributed by atoms with Crippen LogP contribution in [0.3, 0.4) is 0 Å². The first kappa shape index (κ1) is 11.1. The maximum Gasteiger partial charge on any atom is 0.342 e. The Kier molecular flexibility index (Phi) is 3.60. The van der Waals surface area contributed by atoms with Crippen molar-refractivity contribution in [1.29, 1.82) is 0 Å². The molecule has 0 saturated heterocycles. The van der Waals surface area contributed by atoms with Crippen molar-refractivity contribution in [2.24, 2.45) is 0 Å². The first-order valence-electron chi connectivity index (χ1n) is 3.77. The Balaban J connectivity index is 3.32. The predicted molar refractivity (Wildman–Crippen MR) is 51.4 cm³/mol. The van der Waals surface area contributed by atoms with Crippen LogP contribution in [0.15, 0.2) is 16.6 Å². The number of benzene rings is 1. The van der Waals surface area contributed by atoms with E-state index in [0.717, 1.165) is 6.07 Å². The zero-order chi connectivity index (χ0) is 10.7. The van der Waals surface area contributed by atoms with Crippen LogP contribution in [-0.4, -0.2) is 18.2 Å². The molecule has 0 atom stereocenters. The highest BCUT2D eigenvalue weighted by molar-refractivity contribution is 9.10. The average Bonchev–Trinajstić information content (AvgIpc) is 2.18. The highest BCUT2D eigenvalue weighted by Crippen LogP contribution is 2.25. The van der Waals surface area contributed by atoms with Gasteiger partial charge in [-0.25, -0.2) is 9.18 Å². The summed E-state index contributed by atoms with van der Waals surface area (Å²) < 4.78 is 17.8. The van der Waals surface area contributed by atoms with E-state index >= 15 is 0 Å². The topological polar surface area (TPSA) is 46.5 Å². The largest absolute Gasteiger partial charge is 0.465 e. The van der Waals surface area contributed by atoms with E-state index in [2.05, 4.69) is 20.7 Å². The number of aliphatic hydroxyl groups excluding tert-OH is 1. The van der Waals surface area contributed by atoms with Crippen LogP contribution in [-0.2, 0) is 11.3 Å². The van der Waals surface area contributed by atoms with E-state index in [0.29, 0.717) is 5.56 Å². The van der Waals surface area contributed by atoms with Crippen LogP contribution >= 0.6 is 15.9 Å². The van der Waals surface area contributed by atoms with Gasteiger partial charge in [0.15, 0.2) is 0 Å². The molecule has 0 aliphatic rings. The fourth-order valence-corrected chi connectivity index (χ4v) is 1.62. The van der Waals surface area contributed by atoms with Crippen molar-refractivity contribution in [2.45, 2.75) is 6.61 Å². The molecule has 0 spiro atoms. The third-order valence-corrected chi connectivity index (χ3v) is 2.64. The minimum atomic E-state index is -0.773. The normalized spacial score (nSPS) is 10.0. The third kappa shape index (κ3) is 1.93. The highest BCUT2D eigenvalue weighted by atomic mass is 79.9. The van der Waals surface area contributed by atoms with E-state index in [9.17, 15) is 9.18 Å². The summed E-state index contributed by atoms with van der Waals surface area (Å²) in [5, 5.41) is 8.88. The number of aliphatic hydroxyl groups is 1. The van der Waals surface area contributed by atoms with Crippen LogP contribution in [0.4, 0.5) is 4.39 Å². The molecule has 3 nitrogen and oxygen atoms in total. The molecule has 76 valence electrons. The molecule has 0 fully saturated rings. The maximum atomic E-state index is 13.2. The molecule has 5 heteroatoms. The van der Waals surface area contributed by atoms with E-state index in [1.807, 2.05) is 0 Å². The van der Waals surface area contributed by atoms with Crippen LogP contribution in [0.1, 0.15) is 15.9 Å². The van der Waals surface area contributed by atoms with Gasteiger partial charge >= 0.3 is 5.97 Å². The van der Waals surface area contributed by atoms with Crippen molar-refractivity contribution >= 4 is 21.9 Å². The Morgan fingerprint density at radius 3 is 2.79 bits per heavy atom. The van der Waals surface area contributed by atoms with Crippen LogP contribution in [0.5, 0.6) is 0 Å². The lowest BCUT2D eigenvalue weighted by molar-refractivity contribution is 0.0594. The van der Waals surface area contributed by atoms with Crippen molar-refractivity contribution < 1.29 is 19.0 Å². The second-order valence-electron chi connectivity index (χ2n) is 2.55. The molecule has 0 unspecified atom stereocenters. The molecule has 1 aromatic rings. The average molecular weight is 263 g/mol. The number of hydrogen-bond donors (Lipinski definition) is 1. The van der Waals surface area contributed by atoms with Gasteiger partial charge in [-0.3, -0.25) is 0 Å². The second kappa shape index (κ2) is 4.52. The van der Waals surface area contributed by atoms with Crippen molar-refractivity contribution in [2.75, 3.05) is 7.11 Å². The monoisotopic (exact) mass is 262 g/mol. The molecule has 0 amide bonds. The summed E-state index contributed by atoms with van der Waals surface area (Å²) in [5.74, 6) is -1.45. The van der Waals surface area contributed by atoms with Gasteiger partial charge in [-0.15, -0.1) is 0 Å². The number of ether oxygens (including phenoxy) is 1. The minimum Gasteiger partial charge on any atom is -0.465 e. The molecule has 14 heavy (non-hydrogen) atoms. The van der Waals surface area contributed by atoms with Crippen molar-refractivity contribution in [3.63, 3.8) is 0 Å². The van der Waals surface area contributed by atoms with Gasteiger partial charge in [0.1, 0.15) is 11.4 Å². The number of halogens is 2. The molecule has 0 aromatic heterocycles. The minimum absolute atomic E-state index is 0.195. The summed E-state index contributed by atoms with van der Waals surface area (Å²) in [6.45, 7) is -0.273. The molecule has 0 radical (unpaired) electrons. The molecule has 1 rings (SSSR count). The zero-order valence-corrected chi connectivity index (χ0v) is 8.97. The number of rotatable bonds is 2.